The summed E-state index contributed by atoms with van der Waals surface area (Å²) in [4.78, 5) is 12.6. The third kappa shape index (κ3) is 5.79. The van der Waals surface area contributed by atoms with Crippen molar-refractivity contribution >= 4 is 27.7 Å². The van der Waals surface area contributed by atoms with Gasteiger partial charge in [0.2, 0.25) is 0 Å². The molecule has 4 rings (SSSR count). The minimum atomic E-state index is -0.276. The molecule has 156 valence electrons. The highest BCUT2D eigenvalue weighted by molar-refractivity contribution is 9.10. The number of anilines is 1. The van der Waals surface area contributed by atoms with Crippen molar-refractivity contribution in [3.63, 3.8) is 0 Å². The third-order valence-corrected chi connectivity index (χ3v) is 5.08. The zero-order valence-corrected chi connectivity index (χ0v) is 18.0. The molecule has 0 aliphatic carbocycles. The fraction of sp³-hybridized carbons (Fsp3) is 0.0833. The van der Waals surface area contributed by atoms with Crippen LogP contribution in [0.5, 0.6) is 5.75 Å². The smallest absolute Gasteiger partial charge is 0.256 e. The van der Waals surface area contributed by atoms with Crippen molar-refractivity contribution in [2.45, 2.75) is 13.2 Å². The standard InChI is InChI=1S/C24H19BrFN3O2/c25-20-6-10-22(11-7-20)31-16-18-2-1-3-19(14-18)24(30)27-23-12-13-29(28-23)15-17-4-8-21(26)9-5-17/h1-14H,15-16H2,(H,27,28,30). The average molecular weight is 480 g/mol. The summed E-state index contributed by atoms with van der Waals surface area (Å²) in [7, 11) is 0. The van der Waals surface area contributed by atoms with Gasteiger partial charge in [0, 0.05) is 22.3 Å². The van der Waals surface area contributed by atoms with Gasteiger partial charge in [-0.15, -0.1) is 0 Å². The second-order valence-electron chi connectivity index (χ2n) is 6.92. The molecule has 1 amide bonds. The van der Waals surface area contributed by atoms with E-state index in [0.717, 1.165) is 21.3 Å². The van der Waals surface area contributed by atoms with E-state index in [9.17, 15) is 9.18 Å². The van der Waals surface area contributed by atoms with Gasteiger partial charge in [-0.2, -0.15) is 5.10 Å². The molecule has 1 aromatic heterocycles. The molecule has 1 N–H and O–H groups in total. The predicted molar refractivity (Wildman–Crippen MR) is 121 cm³/mol. The van der Waals surface area contributed by atoms with Crippen molar-refractivity contribution in [3.05, 3.63) is 112 Å². The van der Waals surface area contributed by atoms with E-state index in [0.29, 0.717) is 24.5 Å². The van der Waals surface area contributed by atoms with E-state index in [4.69, 9.17) is 4.74 Å². The summed E-state index contributed by atoms with van der Waals surface area (Å²) in [6.45, 7) is 0.841. The Balaban J connectivity index is 1.36. The summed E-state index contributed by atoms with van der Waals surface area (Å²) in [6.07, 6.45) is 1.77. The first-order valence-corrected chi connectivity index (χ1v) is 10.4. The summed E-state index contributed by atoms with van der Waals surface area (Å²) < 4.78 is 21.5. The Bertz CT molecular complexity index is 1170. The molecule has 0 atom stereocenters. The van der Waals surface area contributed by atoms with E-state index < -0.39 is 0 Å². The van der Waals surface area contributed by atoms with E-state index in [-0.39, 0.29) is 11.7 Å². The number of nitrogens with zero attached hydrogens (tertiary/aromatic N) is 2. The van der Waals surface area contributed by atoms with E-state index in [1.807, 2.05) is 36.4 Å². The summed E-state index contributed by atoms with van der Waals surface area (Å²) >= 11 is 3.39. The Hall–Kier alpha value is -3.45. The molecule has 3 aromatic carbocycles. The molecule has 0 saturated carbocycles. The second-order valence-corrected chi connectivity index (χ2v) is 7.84. The van der Waals surface area contributed by atoms with Crippen LogP contribution in [0.25, 0.3) is 0 Å². The van der Waals surface area contributed by atoms with Crippen molar-refractivity contribution in [1.29, 1.82) is 0 Å². The minimum Gasteiger partial charge on any atom is -0.489 e. The van der Waals surface area contributed by atoms with Gasteiger partial charge in [-0.25, -0.2) is 4.39 Å². The zero-order valence-electron chi connectivity index (χ0n) is 16.5. The number of carbonyl (C=O) groups is 1. The van der Waals surface area contributed by atoms with Crippen LogP contribution in [0.15, 0.2) is 89.5 Å². The predicted octanol–water partition coefficient (Wildman–Crippen LogP) is 5.66. The number of hydrogen-bond donors (Lipinski definition) is 1. The molecule has 0 fully saturated rings. The zero-order chi connectivity index (χ0) is 21.6. The lowest BCUT2D eigenvalue weighted by Gasteiger charge is -2.08. The number of nitrogens with one attached hydrogen (secondary N) is 1. The Kier molecular flexibility index (Phi) is 6.43. The SMILES string of the molecule is O=C(Nc1ccn(Cc2ccc(F)cc2)n1)c1cccc(COc2ccc(Br)cc2)c1. The van der Waals surface area contributed by atoms with Crippen LogP contribution in [0.3, 0.4) is 0 Å². The number of benzene rings is 3. The summed E-state index contributed by atoms with van der Waals surface area (Å²) in [6, 6.07) is 22.8. The number of carbonyl (C=O) groups excluding carboxylic acids is 1. The highest BCUT2D eigenvalue weighted by Crippen LogP contribution is 2.18. The Morgan fingerprint density at radius 2 is 1.77 bits per heavy atom. The van der Waals surface area contributed by atoms with Gasteiger partial charge in [-0.3, -0.25) is 9.48 Å². The maximum Gasteiger partial charge on any atom is 0.256 e. The van der Waals surface area contributed by atoms with Crippen LogP contribution in [-0.4, -0.2) is 15.7 Å². The molecule has 7 heteroatoms. The number of hydrogen-bond acceptors (Lipinski definition) is 3. The maximum absolute atomic E-state index is 13.0. The van der Waals surface area contributed by atoms with Crippen LogP contribution in [-0.2, 0) is 13.2 Å². The van der Waals surface area contributed by atoms with Crippen molar-refractivity contribution in [2.24, 2.45) is 0 Å². The molecule has 5 nitrogen and oxygen atoms in total. The van der Waals surface area contributed by atoms with E-state index in [1.165, 1.54) is 12.1 Å². The van der Waals surface area contributed by atoms with Crippen LogP contribution in [0.4, 0.5) is 10.2 Å². The van der Waals surface area contributed by atoms with Gasteiger partial charge in [0.15, 0.2) is 5.82 Å². The normalized spacial score (nSPS) is 10.6. The van der Waals surface area contributed by atoms with E-state index in [1.54, 1.807) is 41.2 Å². The van der Waals surface area contributed by atoms with Gasteiger partial charge < -0.3 is 10.1 Å². The van der Waals surface area contributed by atoms with Gasteiger partial charge in [0.25, 0.3) is 5.91 Å². The fourth-order valence-corrected chi connectivity index (χ4v) is 3.25. The topological polar surface area (TPSA) is 56.2 Å². The second kappa shape index (κ2) is 9.57. The molecule has 31 heavy (non-hydrogen) atoms. The largest absolute Gasteiger partial charge is 0.489 e. The van der Waals surface area contributed by atoms with Crippen LogP contribution >= 0.6 is 15.9 Å². The molecule has 0 bridgehead atoms. The van der Waals surface area contributed by atoms with Crippen LogP contribution in [0, 0.1) is 5.82 Å². The maximum atomic E-state index is 13.0. The van der Waals surface area contributed by atoms with Gasteiger partial charge >= 0.3 is 0 Å². The number of halogens is 2. The van der Waals surface area contributed by atoms with E-state index >= 15 is 0 Å². The Labute approximate surface area is 187 Å². The summed E-state index contributed by atoms with van der Waals surface area (Å²) in [5.74, 6) is 0.674. The highest BCUT2D eigenvalue weighted by Gasteiger charge is 2.09. The molecule has 0 saturated heterocycles. The van der Waals surface area contributed by atoms with Gasteiger partial charge in [0.1, 0.15) is 18.2 Å². The molecule has 0 spiro atoms. The molecular formula is C24H19BrFN3O2. The lowest BCUT2D eigenvalue weighted by Crippen LogP contribution is -2.13. The molecule has 1 heterocycles. The number of rotatable bonds is 7. The number of ether oxygens (including phenoxy) is 1. The first kappa shape index (κ1) is 20.8. The fourth-order valence-electron chi connectivity index (χ4n) is 2.98. The highest BCUT2D eigenvalue weighted by atomic mass is 79.9. The number of amides is 1. The van der Waals surface area contributed by atoms with Gasteiger partial charge in [0.05, 0.1) is 6.54 Å². The summed E-state index contributed by atoms with van der Waals surface area (Å²) in [5, 5.41) is 7.17. The Morgan fingerprint density at radius 1 is 1.00 bits per heavy atom. The van der Waals surface area contributed by atoms with Crippen LogP contribution in [0.1, 0.15) is 21.5 Å². The van der Waals surface area contributed by atoms with Crippen molar-refractivity contribution in [1.82, 2.24) is 9.78 Å². The monoisotopic (exact) mass is 479 g/mol. The molecular weight excluding hydrogens is 461 g/mol. The molecule has 0 radical (unpaired) electrons. The average Bonchev–Trinajstić information content (AvgIpc) is 3.22. The van der Waals surface area contributed by atoms with Crippen molar-refractivity contribution in [2.75, 3.05) is 5.32 Å². The molecule has 0 unspecified atom stereocenters. The summed E-state index contributed by atoms with van der Waals surface area (Å²) in [5.41, 5.74) is 2.32. The van der Waals surface area contributed by atoms with Crippen molar-refractivity contribution < 1.29 is 13.9 Å². The lowest BCUT2D eigenvalue weighted by molar-refractivity contribution is 0.102. The lowest BCUT2D eigenvalue weighted by atomic mass is 10.1. The first-order valence-electron chi connectivity index (χ1n) is 9.62. The van der Waals surface area contributed by atoms with Crippen LogP contribution in [0.2, 0.25) is 0 Å². The van der Waals surface area contributed by atoms with Crippen molar-refractivity contribution in [3.8, 4) is 5.75 Å². The Morgan fingerprint density at radius 3 is 2.55 bits per heavy atom. The third-order valence-electron chi connectivity index (χ3n) is 4.55. The quantitative estimate of drug-likeness (QED) is 0.371. The molecule has 0 aliphatic heterocycles. The van der Waals surface area contributed by atoms with Gasteiger partial charge in [-0.05, 0) is 59.7 Å². The van der Waals surface area contributed by atoms with E-state index in [2.05, 4.69) is 26.3 Å². The minimum absolute atomic E-state index is 0.252. The molecule has 0 aliphatic rings. The van der Waals surface area contributed by atoms with Gasteiger partial charge in [-0.1, -0.05) is 40.2 Å². The first-order chi connectivity index (χ1) is 15.0. The molecule has 4 aromatic rings. The van der Waals surface area contributed by atoms with Crippen LogP contribution < -0.4 is 10.1 Å². The number of aromatic nitrogens is 2.